The average Bonchev–Trinajstić information content (AvgIpc) is 3.28. The molecule has 0 aliphatic carbocycles. The van der Waals surface area contributed by atoms with Crippen LogP contribution in [0.25, 0.3) is 0 Å². The number of anilines is 2. The van der Waals surface area contributed by atoms with E-state index in [1.807, 2.05) is 0 Å². The standard InChI is InChI=1S/C19H23F2N3O6/c20-14-5-12(24-7-13(9-25)30-19(24)27)6-15(21)18(14)22-8-16(26)23(10-22)11-29-17-3-1-2-4-28-17/h5-6,13,17,25H,1-4,7-11H2/t13?,17-/m1/s1. The highest BCUT2D eigenvalue weighted by atomic mass is 19.1. The SMILES string of the molecule is O=C1CN(c2c(F)cc(N3CC(CO)OC3=O)cc2F)CN1CO[C@@H]1CCCCO1. The van der Waals surface area contributed by atoms with Crippen molar-refractivity contribution in [3.05, 3.63) is 23.8 Å². The Kier molecular flexibility index (Phi) is 6.02. The van der Waals surface area contributed by atoms with Gasteiger partial charge in [-0.25, -0.2) is 13.6 Å². The molecule has 3 aliphatic heterocycles. The van der Waals surface area contributed by atoms with Crippen LogP contribution >= 0.6 is 0 Å². The number of carbonyl (C=O) groups excluding carboxylic acids is 2. The molecule has 1 aromatic carbocycles. The maximum absolute atomic E-state index is 14.8. The second kappa shape index (κ2) is 8.70. The normalized spacial score (nSPS) is 24.7. The van der Waals surface area contributed by atoms with Crippen LogP contribution in [0.3, 0.4) is 0 Å². The van der Waals surface area contributed by atoms with Gasteiger partial charge in [0.1, 0.15) is 18.5 Å². The van der Waals surface area contributed by atoms with Gasteiger partial charge in [-0.15, -0.1) is 0 Å². The highest BCUT2D eigenvalue weighted by Crippen LogP contribution is 2.32. The number of cyclic esters (lactones) is 1. The fraction of sp³-hybridized carbons (Fsp3) is 0.579. The first-order valence-corrected chi connectivity index (χ1v) is 9.80. The van der Waals surface area contributed by atoms with E-state index in [2.05, 4.69) is 0 Å². The third-order valence-corrected chi connectivity index (χ3v) is 5.28. The summed E-state index contributed by atoms with van der Waals surface area (Å²) in [5.74, 6) is -2.13. The van der Waals surface area contributed by atoms with E-state index in [1.165, 1.54) is 9.80 Å². The van der Waals surface area contributed by atoms with Gasteiger partial charge in [0.15, 0.2) is 17.9 Å². The van der Waals surface area contributed by atoms with Crippen molar-refractivity contribution in [1.82, 2.24) is 4.90 Å². The van der Waals surface area contributed by atoms with Crippen LogP contribution in [-0.2, 0) is 19.0 Å². The summed E-state index contributed by atoms with van der Waals surface area (Å²) < 4.78 is 45.5. The van der Waals surface area contributed by atoms with Crippen LogP contribution in [0.1, 0.15) is 19.3 Å². The predicted octanol–water partition coefficient (Wildman–Crippen LogP) is 1.39. The second-order valence-electron chi connectivity index (χ2n) is 7.42. The zero-order valence-electron chi connectivity index (χ0n) is 16.3. The molecule has 0 radical (unpaired) electrons. The fourth-order valence-electron chi connectivity index (χ4n) is 3.71. The molecule has 0 aromatic heterocycles. The third kappa shape index (κ3) is 4.18. The Morgan fingerprint density at radius 3 is 2.60 bits per heavy atom. The highest BCUT2D eigenvalue weighted by Gasteiger charge is 2.35. The Bertz CT molecular complexity index is 796. The number of ether oxygens (including phenoxy) is 3. The minimum Gasteiger partial charge on any atom is -0.441 e. The summed E-state index contributed by atoms with van der Waals surface area (Å²) in [5.41, 5.74) is -0.371. The predicted molar refractivity (Wildman–Crippen MR) is 99.7 cm³/mol. The topological polar surface area (TPSA) is 91.8 Å². The zero-order valence-corrected chi connectivity index (χ0v) is 16.3. The first kappa shape index (κ1) is 20.8. The number of nitrogens with zero attached hydrogens (tertiary/aromatic N) is 3. The van der Waals surface area contributed by atoms with E-state index >= 15 is 0 Å². The van der Waals surface area contributed by atoms with E-state index in [4.69, 9.17) is 19.3 Å². The molecule has 0 spiro atoms. The first-order valence-electron chi connectivity index (χ1n) is 9.80. The lowest BCUT2D eigenvalue weighted by Crippen LogP contribution is -2.34. The Morgan fingerprint density at radius 2 is 1.97 bits per heavy atom. The van der Waals surface area contributed by atoms with Gasteiger partial charge < -0.3 is 24.2 Å². The van der Waals surface area contributed by atoms with Crippen LogP contribution in [0.2, 0.25) is 0 Å². The van der Waals surface area contributed by atoms with E-state index in [9.17, 15) is 18.4 Å². The van der Waals surface area contributed by atoms with Crippen molar-refractivity contribution in [3.63, 3.8) is 0 Å². The van der Waals surface area contributed by atoms with Gasteiger partial charge in [-0.1, -0.05) is 0 Å². The fourth-order valence-corrected chi connectivity index (χ4v) is 3.71. The molecule has 1 unspecified atom stereocenters. The summed E-state index contributed by atoms with van der Waals surface area (Å²) in [5, 5.41) is 9.11. The van der Waals surface area contributed by atoms with Gasteiger partial charge in [0.25, 0.3) is 0 Å². The lowest BCUT2D eigenvalue weighted by Gasteiger charge is -2.26. The van der Waals surface area contributed by atoms with Crippen molar-refractivity contribution in [2.24, 2.45) is 0 Å². The van der Waals surface area contributed by atoms with Gasteiger partial charge in [-0.05, 0) is 19.3 Å². The molecular weight excluding hydrogens is 404 g/mol. The summed E-state index contributed by atoms with van der Waals surface area (Å²) in [6.45, 7) is -0.0345. The van der Waals surface area contributed by atoms with Gasteiger partial charge >= 0.3 is 6.09 Å². The van der Waals surface area contributed by atoms with Gasteiger partial charge in [0, 0.05) is 18.7 Å². The van der Waals surface area contributed by atoms with Crippen LogP contribution < -0.4 is 9.80 Å². The third-order valence-electron chi connectivity index (χ3n) is 5.28. The van der Waals surface area contributed by atoms with Gasteiger partial charge in [0.2, 0.25) is 5.91 Å². The second-order valence-corrected chi connectivity index (χ2v) is 7.42. The number of amides is 2. The van der Waals surface area contributed by atoms with Gasteiger partial charge in [-0.3, -0.25) is 14.6 Å². The maximum Gasteiger partial charge on any atom is 0.414 e. The van der Waals surface area contributed by atoms with Gasteiger partial charge in [0.05, 0.1) is 32.1 Å². The van der Waals surface area contributed by atoms with Crippen molar-refractivity contribution < 1.29 is 37.7 Å². The molecule has 2 atom stereocenters. The van der Waals surface area contributed by atoms with Crippen LogP contribution in [0.4, 0.5) is 25.0 Å². The van der Waals surface area contributed by atoms with E-state index in [1.54, 1.807) is 0 Å². The average molecular weight is 427 g/mol. The number of hydrogen-bond donors (Lipinski definition) is 1. The molecule has 0 bridgehead atoms. The molecule has 164 valence electrons. The molecule has 0 saturated carbocycles. The lowest BCUT2D eigenvalue weighted by molar-refractivity contribution is -0.184. The van der Waals surface area contributed by atoms with Crippen molar-refractivity contribution in [2.45, 2.75) is 31.7 Å². The largest absolute Gasteiger partial charge is 0.441 e. The molecule has 9 nitrogen and oxygen atoms in total. The minimum atomic E-state index is -0.906. The molecule has 2 amide bonds. The summed E-state index contributed by atoms with van der Waals surface area (Å²) in [6, 6.07) is 2.03. The number of halogens is 2. The summed E-state index contributed by atoms with van der Waals surface area (Å²) >= 11 is 0. The number of hydrogen-bond acceptors (Lipinski definition) is 7. The van der Waals surface area contributed by atoms with Crippen molar-refractivity contribution in [2.75, 3.05) is 49.5 Å². The Hall–Kier alpha value is -2.50. The van der Waals surface area contributed by atoms with Crippen molar-refractivity contribution in [1.29, 1.82) is 0 Å². The van der Waals surface area contributed by atoms with Crippen LogP contribution in [0.15, 0.2) is 12.1 Å². The molecule has 3 fully saturated rings. The molecule has 3 aliphatic rings. The van der Waals surface area contributed by atoms with E-state index in [0.717, 1.165) is 36.3 Å². The first-order chi connectivity index (χ1) is 14.5. The number of aliphatic hydroxyl groups is 1. The van der Waals surface area contributed by atoms with Crippen LogP contribution in [0, 0.1) is 11.6 Å². The number of aliphatic hydroxyl groups excluding tert-OH is 1. The Labute approximate surface area is 171 Å². The molecule has 1 N–H and O–H groups in total. The summed E-state index contributed by atoms with van der Waals surface area (Å²) in [4.78, 5) is 27.8. The Morgan fingerprint density at radius 1 is 1.20 bits per heavy atom. The van der Waals surface area contributed by atoms with E-state index < -0.39 is 23.8 Å². The van der Waals surface area contributed by atoms with E-state index in [-0.39, 0.29) is 56.7 Å². The molecular formula is C19H23F2N3O6. The smallest absolute Gasteiger partial charge is 0.414 e. The zero-order chi connectivity index (χ0) is 21.3. The molecule has 3 saturated heterocycles. The van der Waals surface area contributed by atoms with Crippen LogP contribution in [-0.4, -0.2) is 74.1 Å². The molecule has 4 rings (SSSR count). The van der Waals surface area contributed by atoms with Crippen LogP contribution in [0.5, 0.6) is 0 Å². The molecule has 1 aromatic rings. The highest BCUT2D eigenvalue weighted by molar-refractivity contribution is 5.90. The molecule has 11 heteroatoms. The minimum absolute atomic E-state index is 0.00981. The monoisotopic (exact) mass is 427 g/mol. The molecule has 30 heavy (non-hydrogen) atoms. The summed E-state index contributed by atoms with van der Waals surface area (Å²) in [7, 11) is 0. The maximum atomic E-state index is 14.8. The number of rotatable bonds is 6. The number of carbonyl (C=O) groups is 2. The Balaban J connectivity index is 1.43. The van der Waals surface area contributed by atoms with Crippen molar-refractivity contribution >= 4 is 23.4 Å². The van der Waals surface area contributed by atoms with E-state index in [0.29, 0.717) is 6.61 Å². The summed E-state index contributed by atoms with van der Waals surface area (Å²) in [6.07, 6.45) is 0.785. The lowest BCUT2D eigenvalue weighted by atomic mass is 10.2. The van der Waals surface area contributed by atoms with Gasteiger partial charge in [-0.2, -0.15) is 0 Å². The molecule has 3 heterocycles. The quantitative estimate of drug-likeness (QED) is 0.734. The van der Waals surface area contributed by atoms with Crippen molar-refractivity contribution in [3.8, 4) is 0 Å². The number of benzene rings is 1.